The van der Waals surface area contributed by atoms with E-state index in [1.54, 1.807) is 0 Å². The number of hydrogen-bond donors (Lipinski definition) is 2. The minimum atomic E-state index is -0.537. The summed E-state index contributed by atoms with van der Waals surface area (Å²) in [6, 6.07) is -0.537. The van der Waals surface area contributed by atoms with Crippen molar-refractivity contribution in [3.05, 3.63) is 0 Å². The highest BCUT2D eigenvalue weighted by Crippen LogP contribution is 1.91. The number of carbonyl (C=O) groups excluding carboxylic acids is 1. The molecule has 4 heteroatoms. The quantitative estimate of drug-likeness (QED) is 0.418. The summed E-state index contributed by atoms with van der Waals surface area (Å²) in [6.45, 7) is 1.93. The Morgan fingerprint density at radius 1 is 1.90 bits per heavy atom. The molecule has 1 amide bonds. The molecule has 0 radical (unpaired) electrons. The maximum atomic E-state index is 10.7. The fraction of sp³-hybridized carbons (Fsp3) is 0.667. The van der Waals surface area contributed by atoms with Crippen LogP contribution in [0.3, 0.4) is 0 Å². The Hall–Kier alpha value is -1.08. The smallest absolute Gasteiger partial charge is 0.249 e. The van der Waals surface area contributed by atoms with Crippen molar-refractivity contribution >= 4 is 5.91 Å². The molecule has 1 atom stereocenters. The van der Waals surface area contributed by atoms with Gasteiger partial charge in [0.05, 0.1) is 6.04 Å². The average Bonchev–Trinajstić information content (AvgIpc) is 1.89. The Bertz CT molecular complexity index is 150. The molecule has 3 N–H and O–H groups in total. The van der Waals surface area contributed by atoms with Crippen molar-refractivity contribution in [2.45, 2.75) is 25.8 Å². The molecule has 4 nitrogen and oxygen atoms in total. The Labute approximate surface area is 60.0 Å². The van der Waals surface area contributed by atoms with Crippen LogP contribution >= 0.6 is 0 Å². The van der Waals surface area contributed by atoms with Crippen LogP contribution in [0.1, 0.15) is 19.8 Å². The van der Waals surface area contributed by atoms with E-state index in [0.717, 1.165) is 6.42 Å². The van der Waals surface area contributed by atoms with Crippen molar-refractivity contribution in [3.8, 4) is 6.19 Å². The molecule has 0 aliphatic carbocycles. The normalized spacial score (nSPS) is 11.7. The summed E-state index contributed by atoms with van der Waals surface area (Å²) in [6.07, 6.45) is 2.99. The van der Waals surface area contributed by atoms with Gasteiger partial charge in [0.1, 0.15) is 0 Å². The van der Waals surface area contributed by atoms with Gasteiger partial charge in [-0.2, -0.15) is 5.26 Å². The third-order valence-electron chi connectivity index (χ3n) is 1.12. The Morgan fingerprint density at radius 2 is 2.50 bits per heavy atom. The first-order chi connectivity index (χ1) is 4.72. The number of carbonyl (C=O) groups is 1. The first kappa shape index (κ1) is 8.92. The molecule has 0 heterocycles. The lowest BCUT2D eigenvalue weighted by atomic mass is 10.2. The molecule has 0 aliphatic heterocycles. The van der Waals surface area contributed by atoms with E-state index in [0.29, 0.717) is 6.42 Å². The minimum absolute atomic E-state index is 0.399. The van der Waals surface area contributed by atoms with Gasteiger partial charge in [-0.15, -0.1) is 0 Å². The topological polar surface area (TPSA) is 78.9 Å². The van der Waals surface area contributed by atoms with E-state index in [1.165, 1.54) is 6.19 Å². The maximum Gasteiger partial charge on any atom is 0.249 e. The molecule has 0 fully saturated rings. The van der Waals surface area contributed by atoms with Crippen LogP contribution in [-0.2, 0) is 4.79 Å². The lowest BCUT2D eigenvalue weighted by Gasteiger charge is -2.04. The van der Waals surface area contributed by atoms with Crippen molar-refractivity contribution in [2.24, 2.45) is 5.73 Å². The van der Waals surface area contributed by atoms with Crippen LogP contribution in [-0.4, -0.2) is 11.9 Å². The van der Waals surface area contributed by atoms with E-state index in [2.05, 4.69) is 0 Å². The fourth-order valence-corrected chi connectivity index (χ4v) is 0.590. The van der Waals surface area contributed by atoms with Gasteiger partial charge in [0, 0.05) is 0 Å². The molecule has 0 aromatic carbocycles. The van der Waals surface area contributed by atoms with E-state index in [4.69, 9.17) is 11.0 Å². The number of rotatable bonds is 3. The molecular formula is C6H11N3O. The van der Waals surface area contributed by atoms with Crippen molar-refractivity contribution in [3.63, 3.8) is 0 Å². The summed E-state index contributed by atoms with van der Waals surface area (Å²) in [5.41, 5.74) is 5.35. The zero-order valence-electron chi connectivity index (χ0n) is 5.92. The second kappa shape index (κ2) is 4.77. The van der Waals surface area contributed by atoms with Crippen LogP contribution in [0.25, 0.3) is 0 Å². The van der Waals surface area contributed by atoms with Crippen LogP contribution in [0.5, 0.6) is 0 Å². The standard InChI is InChI=1S/C6H11N3O/c1-2-3-5(8)6(10)9-4-7/h5H,2-3,8H2,1H3,(H,9,10)/t5-/m1/s1. The molecule has 0 aliphatic rings. The Kier molecular flexibility index (Phi) is 4.25. The highest BCUT2D eigenvalue weighted by atomic mass is 16.2. The molecule has 0 unspecified atom stereocenters. The van der Waals surface area contributed by atoms with Crippen LogP contribution in [0.15, 0.2) is 0 Å². The molecule has 0 spiro atoms. The lowest BCUT2D eigenvalue weighted by Crippen LogP contribution is -2.38. The maximum absolute atomic E-state index is 10.7. The van der Waals surface area contributed by atoms with Crippen molar-refractivity contribution < 1.29 is 4.79 Å². The van der Waals surface area contributed by atoms with Gasteiger partial charge in [0.25, 0.3) is 0 Å². The summed E-state index contributed by atoms with van der Waals surface area (Å²) in [4.78, 5) is 10.7. The molecule has 0 saturated carbocycles. The van der Waals surface area contributed by atoms with Gasteiger partial charge in [-0.25, -0.2) is 0 Å². The van der Waals surface area contributed by atoms with Gasteiger partial charge in [-0.1, -0.05) is 13.3 Å². The van der Waals surface area contributed by atoms with E-state index < -0.39 is 11.9 Å². The summed E-state index contributed by atoms with van der Waals surface area (Å²) < 4.78 is 0. The number of nitrogens with one attached hydrogen (secondary N) is 1. The largest absolute Gasteiger partial charge is 0.320 e. The van der Waals surface area contributed by atoms with Crippen LogP contribution in [0, 0.1) is 11.5 Å². The van der Waals surface area contributed by atoms with Gasteiger partial charge in [-0.05, 0) is 6.42 Å². The van der Waals surface area contributed by atoms with E-state index >= 15 is 0 Å². The number of nitriles is 1. The third kappa shape index (κ3) is 3.05. The monoisotopic (exact) mass is 141 g/mol. The molecule has 0 aromatic rings. The number of nitrogens with two attached hydrogens (primary N) is 1. The first-order valence-electron chi connectivity index (χ1n) is 3.17. The second-order valence-corrected chi connectivity index (χ2v) is 2.00. The van der Waals surface area contributed by atoms with Crippen LogP contribution in [0.2, 0.25) is 0 Å². The number of nitrogens with zero attached hydrogens (tertiary/aromatic N) is 1. The first-order valence-corrected chi connectivity index (χ1v) is 3.17. The fourth-order valence-electron chi connectivity index (χ4n) is 0.590. The van der Waals surface area contributed by atoms with E-state index in [9.17, 15) is 4.79 Å². The van der Waals surface area contributed by atoms with Crippen LogP contribution in [0.4, 0.5) is 0 Å². The van der Waals surface area contributed by atoms with Gasteiger partial charge < -0.3 is 5.73 Å². The Morgan fingerprint density at radius 3 is 2.90 bits per heavy atom. The summed E-state index contributed by atoms with van der Waals surface area (Å²) in [5.74, 6) is -0.399. The minimum Gasteiger partial charge on any atom is -0.320 e. The van der Waals surface area contributed by atoms with E-state index in [-0.39, 0.29) is 0 Å². The molecule has 0 rings (SSSR count). The predicted molar refractivity (Wildman–Crippen MR) is 36.6 cm³/mol. The van der Waals surface area contributed by atoms with Crippen LogP contribution < -0.4 is 11.1 Å². The SMILES string of the molecule is CCC[C@@H](N)C(=O)NC#N. The van der Waals surface area contributed by atoms with Crippen molar-refractivity contribution in [2.75, 3.05) is 0 Å². The number of amides is 1. The molecule has 56 valence electrons. The van der Waals surface area contributed by atoms with Gasteiger partial charge in [0.2, 0.25) is 5.91 Å². The zero-order valence-corrected chi connectivity index (χ0v) is 5.92. The molecule has 0 aromatic heterocycles. The summed E-state index contributed by atoms with van der Waals surface area (Å²) >= 11 is 0. The average molecular weight is 141 g/mol. The summed E-state index contributed by atoms with van der Waals surface area (Å²) in [5, 5.41) is 9.99. The summed E-state index contributed by atoms with van der Waals surface area (Å²) in [7, 11) is 0. The van der Waals surface area contributed by atoms with Crippen molar-refractivity contribution in [1.82, 2.24) is 5.32 Å². The molecule has 10 heavy (non-hydrogen) atoms. The highest BCUT2D eigenvalue weighted by Gasteiger charge is 2.10. The second-order valence-electron chi connectivity index (χ2n) is 2.00. The lowest BCUT2D eigenvalue weighted by molar-refractivity contribution is -0.121. The zero-order chi connectivity index (χ0) is 7.98. The predicted octanol–water partition coefficient (Wildman–Crippen LogP) is -0.289. The van der Waals surface area contributed by atoms with Gasteiger partial charge in [0.15, 0.2) is 6.19 Å². The molecule has 0 bridgehead atoms. The van der Waals surface area contributed by atoms with Crippen molar-refractivity contribution in [1.29, 1.82) is 5.26 Å². The van der Waals surface area contributed by atoms with Gasteiger partial charge >= 0.3 is 0 Å². The Balaban J connectivity index is 3.62. The van der Waals surface area contributed by atoms with Gasteiger partial charge in [-0.3, -0.25) is 10.1 Å². The molecular weight excluding hydrogens is 130 g/mol. The third-order valence-corrected chi connectivity index (χ3v) is 1.12. The number of hydrogen-bond acceptors (Lipinski definition) is 3. The van der Waals surface area contributed by atoms with E-state index in [1.807, 2.05) is 12.2 Å². The molecule has 0 saturated heterocycles. The highest BCUT2D eigenvalue weighted by molar-refractivity contribution is 5.82.